The molecule has 14 heavy (non-hydrogen) atoms. The van der Waals surface area contributed by atoms with E-state index in [2.05, 4.69) is 23.9 Å². The molecule has 1 aliphatic carbocycles. The molecule has 0 atom stereocenters. The molecule has 0 aromatic carbocycles. The Hall–Kier alpha value is -0.0800. The van der Waals surface area contributed by atoms with Crippen LogP contribution in [0.4, 0.5) is 0 Å². The molecule has 1 saturated carbocycles. The van der Waals surface area contributed by atoms with Crippen molar-refractivity contribution in [2.45, 2.75) is 50.6 Å². The summed E-state index contributed by atoms with van der Waals surface area (Å²) in [6.45, 7) is 2.68. The SMILES string of the molecule is CN(C)C1CCN(C2CCCC2)CC1. The van der Waals surface area contributed by atoms with Crippen LogP contribution in [-0.2, 0) is 0 Å². The number of hydrogen-bond donors (Lipinski definition) is 0. The summed E-state index contributed by atoms with van der Waals surface area (Å²) in [6.07, 6.45) is 8.63. The molecule has 0 radical (unpaired) electrons. The number of nitrogens with zero attached hydrogens (tertiary/aromatic N) is 2. The smallest absolute Gasteiger partial charge is 0.0113 e. The summed E-state index contributed by atoms with van der Waals surface area (Å²) in [5.41, 5.74) is 0. The first-order valence-corrected chi connectivity index (χ1v) is 6.18. The minimum atomic E-state index is 0.840. The lowest BCUT2D eigenvalue weighted by atomic mass is 10.0. The molecule has 2 nitrogen and oxygen atoms in total. The van der Waals surface area contributed by atoms with Crippen molar-refractivity contribution >= 4 is 0 Å². The van der Waals surface area contributed by atoms with E-state index in [-0.39, 0.29) is 0 Å². The summed E-state index contributed by atoms with van der Waals surface area (Å²) >= 11 is 0. The topological polar surface area (TPSA) is 6.48 Å². The van der Waals surface area contributed by atoms with E-state index >= 15 is 0 Å². The number of rotatable bonds is 2. The normalized spacial score (nSPS) is 27.6. The quantitative estimate of drug-likeness (QED) is 0.666. The lowest BCUT2D eigenvalue weighted by Crippen LogP contribution is -2.45. The van der Waals surface area contributed by atoms with E-state index in [4.69, 9.17) is 0 Å². The monoisotopic (exact) mass is 196 g/mol. The third-order valence-electron chi connectivity index (χ3n) is 4.07. The second kappa shape index (κ2) is 4.63. The first-order valence-electron chi connectivity index (χ1n) is 6.18. The minimum Gasteiger partial charge on any atom is -0.306 e. The Morgan fingerprint density at radius 3 is 2.00 bits per heavy atom. The lowest BCUT2D eigenvalue weighted by Gasteiger charge is -2.38. The van der Waals surface area contributed by atoms with Crippen molar-refractivity contribution in [3.8, 4) is 0 Å². The average Bonchev–Trinajstić information content (AvgIpc) is 2.71. The van der Waals surface area contributed by atoms with Gasteiger partial charge in [-0.1, -0.05) is 12.8 Å². The fourth-order valence-corrected chi connectivity index (χ4v) is 3.04. The van der Waals surface area contributed by atoms with Gasteiger partial charge in [-0.2, -0.15) is 0 Å². The van der Waals surface area contributed by atoms with Crippen molar-refractivity contribution in [1.82, 2.24) is 9.80 Å². The Labute approximate surface area is 88.3 Å². The predicted molar refractivity (Wildman–Crippen MR) is 60.5 cm³/mol. The van der Waals surface area contributed by atoms with E-state index in [1.54, 1.807) is 0 Å². The molecule has 0 N–H and O–H groups in total. The molecular formula is C12H24N2. The molecule has 0 unspecified atom stereocenters. The summed E-state index contributed by atoms with van der Waals surface area (Å²) in [5, 5.41) is 0. The van der Waals surface area contributed by atoms with Crippen LogP contribution in [0, 0.1) is 0 Å². The molecule has 1 saturated heterocycles. The van der Waals surface area contributed by atoms with Gasteiger partial charge in [0.15, 0.2) is 0 Å². The van der Waals surface area contributed by atoms with E-state index in [1.807, 2.05) is 0 Å². The second-order valence-corrected chi connectivity index (χ2v) is 5.17. The Morgan fingerprint density at radius 1 is 0.929 bits per heavy atom. The summed E-state index contributed by atoms with van der Waals surface area (Å²) in [4.78, 5) is 5.14. The average molecular weight is 196 g/mol. The molecule has 0 amide bonds. The van der Waals surface area contributed by atoms with Crippen LogP contribution < -0.4 is 0 Å². The Morgan fingerprint density at radius 2 is 1.50 bits per heavy atom. The zero-order chi connectivity index (χ0) is 9.97. The highest BCUT2D eigenvalue weighted by molar-refractivity contribution is 4.83. The second-order valence-electron chi connectivity index (χ2n) is 5.17. The van der Waals surface area contributed by atoms with Gasteiger partial charge < -0.3 is 9.80 Å². The van der Waals surface area contributed by atoms with Crippen LogP contribution in [0.1, 0.15) is 38.5 Å². The molecule has 2 rings (SSSR count). The number of likely N-dealkylation sites (tertiary alicyclic amines) is 1. The standard InChI is InChI=1S/C12H24N2/c1-13(2)11-7-9-14(10-8-11)12-5-3-4-6-12/h11-12H,3-10H2,1-2H3. The maximum atomic E-state index is 2.74. The third-order valence-corrected chi connectivity index (χ3v) is 4.07. The van der Waals surface area contributed by atoms with E-state index in [1.165, 1.54) is 51.6 Å². The Bertz CT molecular complexity index is 165. The molecule has 2 aliphatic rings. The third kappa shape index (κ3) is 2.29. The van der Waals surface area contributed by atoms with E-state index < -0.39 is 0 Å². The van der Waals surface area contributed by atoms with Gasteiger partial charge in [0.05, 0.1) is 0 Å². The fraction of sp³-hybridized carbons (Fsp3) is 1.00. The van der Waals surface area contributed by atoms with Gasteiger partial charge in [0.25, 0.3) is 0 Å². The van der Waals surface area contributed by atoms with E-state index in [0.717, 1.165) is 12.1 Å². The van der Waals surface area contributed by atoms with Crippen molar-refractivity contribution in [2.75, 3.05) is 27.2 Å². The Kier molecular flexibility index (Phi) is 3.45. The molecule has 2 fully saturated rings. The minimum absolute atomic E-state index is 0.840. The molecule has 1 heterocycles. The highest BCUT2D eigenvalue weighted by Gasteiger charge is 2.27. The van der Waals surface area contributed by atoms with Crippen LogP contribution in [0.2, 0.25) is 0 Å². The first kappa shape index (κ1) is 10.4. The van der Waals surface area contributed by atoms with Gasteiger partial charge in [0.2, 0.25) is 0 Å². The van der Waals surface area contributed by atoms with Crippen molar-refractivity contribution in [3.63, 3.8) is 0 Å². The fourth-order valence-electron chi connectivity index (χ4n) is 3.04. The molecule has 1 aliphatic heterocycles. The summed E-state index contributed by atoms with van der Waals surface area (Å²) < 4.78 is 0. The van der Waals surface area contributed by atoms with Crippen LogP contribution in [0.25, 0.3) is 0 Å². The van der Waals surface area contributed by atoms with Crippen LogP contribution in [-0.4, -0.2) is 49.1 Å². The van der Waals surface area contributed by atoms with Crippen LogP contribution in [0.15, 0.2) is 0 Å². The van der Waals surface area contributed by atoms with Gasteiger partial charge in [0.1, 0.15) is 0 Å². The zero-order valence-electron chi connectivity index (χ0n) is 9.71. The van der Waals surface area contributed by atoms with Gasteiger partial charge in [-0.25, -0.2) is 0 Å². The van der Waals surface area contributed by atoms with Crippen LogP contribution in [0.3, 0.4) is 0 Å². The van der Waals surface area contributed by atoms with Crippen LogP contribution in [0.5, 0.6) is 0 Å². The molecule has 0 aromatic rings. The highest BCUT2D eigenvalue weighted by atomic mass is 15.2. The molecule has 2 heteroatoms. The van der Waals surface area contributed by atoms with Gasteiger partial charge in [-0.15, -0.1) is 0 Å². The highest BCUT2D eigenvalue weighted by Crippen LogP contribution is 2.26. The lowest BCUT2D eigenvalue weighted by molar-refractivity contribution is 0.110. The van der Waals surface area contributed by atoms with Crippen molar-refractivity contribution in [1.29, 1.82) is 0 Å². The van der Waals surface area contributed by atoms with Gasteiger partial charge in [-0.3, -0.25) is 0 Å². The summed E-state index contributed by atoms with van der Waals surface area (Å²) in [6, 6.07) is 1.78. The maximum Gasteiger partial charge on any atom is 0.0113 e. The maximum absolute atomic E-state index is 2.74. The predicted octanol–water partition coefficient (Wildman–Crippen LogP) is 1.95. The van der Waals surface area contributed by atoms with Crippen molar-refractivity contribution < 1.29 is 0 Å². The van der Waals surface area contributed by atoms with Crippen molar-refractivity contribution in [2.24, 2.45) is 0 Å². The number of piperidine rings is 1. The summed E-state index contributed by atoms with van der Waals surface area (Å²) in [5.74, 6) is 0. The molecule has 0 aromatic heterocycles. The molecule has 0 spiro atoms. The van der Waals surface area contributed by atoms with Crippen LogP contribution >= 0.6 is 0 Å². The zero-order valence-corrected chi connectivity index (χ0v) is 9.71. The van der Waals surface area contributed by atoms with E-state index in [9.17, 15) is 0 Å². The molecular weight excluding hydrogens is 172 g/mol. The van der Waals surface area contributed by atoms with Gasteiger partial charge in [-0.05, 0) is 52.9 Å². The number of hydrogen-bond acceptors (Lipinski definition) is 2. The summed E-state index contributed by atoms with van der Waals surface area (Å²) in [7, 11) is 4.44. The van der Waals surface area contributed by atoms with Crippen molar-refractivity contribution in [3.05, 3.63) is 0 Å². The molecule has 82 valence electrons. The molecule has 0 bridgehead atoms. The van der Waals surface area contributed by atoms with Gasteiger partial charge in [0, 0.05) is 12.1 Å². The largest absolute Gasteiger partial charge is 0.306 e. The van der Waals surface area contributed by atoms with E-state index in [0.29, 0.717) is 0 Å². The van der Waals surface area contributed by atoms with Gasteiger partial charge >= 0.3 is 0 Å². The Balaban J connectivity index is 1.77. The first-order chi connectivity index (χ1) is 6.77.